The molecule has 2 atom stereocenters. The first-order chi connectivity index (χ1) is 18.2. The topological polar surface area (TPSA) is 137 Å². The van der Waals surface area contributed by atoms with Gasteiger partial charge in [-0.05, 0) is 86.1 Å². The Morgan fingerprint density at radius 2 is 1.23 bits per heavy atom. The van der Waals surface area contributed by atoms with Crippen molar-refractivity contribution in [3.8, 4) is 0 Å². The fourth-order valence-corrected chi connectivity index (χ4v) is 8.19. The van der Waals surface area contributed by atoms with Gasteiger partial charge in [-0.1, -0.05) is 23.8 Å². The largest absolute Gasteiger partial charge is 0.278 e. The van der Waals surface area contributed by atoms with Crippen LogP contribution in [0.5, 0.6) is 0 Å². The van der Waals surface area contributed by atoms with Gasteiger partial charge in [0.1, 0.15) is 10.8 Å². The molecular formula is C27H24O8S4. The smallest absolute Gasteiger partial charge is 0.253 e. The third-order valence-electron chi connectivity index (χ3n) is 6.14. The lowest BCUT2D eigenvalue weighted by atomic mass is 10.1. The number of benzene rings is 3. The zero-order chi connectivity index (χ0) is 28.6. The van der Waals surface area contributed by atoms with E-state index in [0.29, 0.717) is 6.42 Å². The molecule has 0 radical (unpaired) electrons. The van der Waals surface area contributed by atoms with Crippen LogP contribution in [0.4, 0.5) is 0 Å². The Morgan fingerprint density at radius 1 is 0.744 bits per heavy atom. The van der Waals surface area contributed by atoms with Gasteiger partial charge in [0.25, 0.3) is 5.12 Å². The Balaban J connectivity index is 1.50. The molecule has 4 rings (SSSR count). The van der Waals surface area contributed by atoms with E-state index in [4.69, 9.17) is 0 Å². The van der Waals surface area contributed by atoms with Crippen LogP contribution in [0, 0.1) is 0 Å². The summed E-state index contributed by atoms with van der Waals surface area (Å²) in [4.78, 5) is 12.7. The Morgan fingerprint density at radius 3 is 1.72 bits per heavy atom. The fraction of sp³-hybridized carbons (Fsp3) is 0.148. The maximum absolute atomic E-state index is 12.9. The standard InChI is InChI=1S/C27H24O8S4/c1-19-3-9-23(10-4-19)38(32,33)25-13-7-21(8-14-25)36(29)27(28)20-5-11-24(12-6-20)39(34,35)26-17-15-22(16-18-26)37(2,30)31/h3-9,11-18,23H,10H2,1-2H3. The number of rotatable bonds is 7. The molecule has 1 aliphatic rings. The molecular weight excluding hydrogens is 581 g/mol. The zero-order valence-electron chi connectivity index (χ0n) is 20.8. The first-order valence-corrected chi connectivity index (χ1v) is 17.6. The quantitative estimate of drug-likeness (QED) is 0.396. The number of allylic oxidation sites excluding steroid dienone is 3. The molecule has 1 aliphatic carbocycles. The van der Waals surface area contributed by atoms with E-state index >= 15 is 0 Å². The second-order valence-electron chi connectivity index (χ2n) is 8.93. The molecule has 8 nitrogen and oxygen atoms in total. The molecule has 0 heterocycles. The second-order valence-corrected chi connectivity index (χ2v) is 16.4. The maximum atomic E-state index is 12.9. The Labute approximate surface area is 230 Å². The minimum atomic E-state index is -3.99. The van der Waals surface area contributed by atoms with Crippen LogP contribution in [0.2, 0.25) is 0 Å². The lowest BCUT2D eigenvalue weighted by Crippen LogP contribution is -2.20. The molecule has 204 valence electrons. The zero-order valence-corrected chi connectivity index (χ0v) is 24.1. The highest BCUT2D eigenvalue weighted by atomic mass is 32.2. The predicted molar refractivity (Wildman–Crippen MR) is 147 cm³/mol. The van der Waals surface area contributed by atoms with Crippen LogP contribution < -0.4 is 0 Å². The molecule has 0 amide bonds. The van der Waals surface area contributed by atoms with Crippen molar-refractivity contribution in [2.45, 2.75) is 43.1 Å². The third-order valence-corrected chi connectivity index (χ3v) is 12.4. The van der Waals surface area contributed by atoms with Gasteiger partial charge in [0.2, 0.25) is 9.84 Å². The van der Waals surface area contributed by atoms with Crippen LogP contribution in [0.25, 0.3) is 0 Å². The van der Waals surface area contributed by atoms with E-state index in [2.05, 4.69) is 0 Å². The highest BCUT2D eigenvalue weighted by Crippen LogP contribution is 2.26. The van der Waals surface area contributed by atoms with Gasteiger partial charge in [-0.25, -0.2) is 29.5 Å². The van der Waals surface area contributed by atoms with Crippen molar-refractivity contribution in [3.05, 3.63) is 102 Å². The first kappa shape index (κ1) is 28.8. The number of carbonyl (C=O) groups excluding carboxylic acids is 1. The summed E-state index contributed by atoms with van der Waals surface area (Å²) < 4.78 is 87.8. The molecule has 0 spiro atoms. The van der Waals surface area contributed by atoms with Crippen molar-refractivity contribution >= 4 is 45.4 Å². The molecule has 0 saturated carbocycles. The first-order valence-electron chi connectivity index (χ1n) is 11.5. The highest BCUT2D eigenvalue weighted by molar-refractivity contribution is 8.01. The van der Waals surface area contributed by atoms with Crippen molar-refractivity contribution in [1.29, 1.82) is 0 Å². The molecule has 2 unspecified atom stereocenters. The van der Waals surface area contributed by atoms with Crippen molar-refractivity contribution in [2.24, 2.45) is 0 Å². The molecule has 39 heavy (non-hydrogen) atoms. The SMILES string of the molecule is CC1=CCC(S(=O)(=O)c2ccc(S(=O)C(=O)c3ccc(S(=O)(=O)c4ccc(S(C)(=O)=O)cc4)cc3)cc2)C=C1. The highest BCUT2D eigenvalue weighted by Gasteiger charge is 2.27. The van der Waals surface area contributed by atoms with E-state index in [1.54, 1.807) is 12.2 Å². The monoisotopic (exact) mass is 604 g/mol. The molecule has 0 bridgehead atoms. The van der Waals surface area contributed by atoms with Crippen LogP contribution in [0.15, 0.2) is 121 Å². The molecule has 0 aliphatic heterocycles. The molecule has 3 aromatic carbocycles. The normalized spacial score (nSPS) is 16.9. The van der Waals surface area contributed by atoms with Gasteiger partial charge in [-0.15, -0.1) is 0 Å². The van der Waals surface area contributed by atoms with Crippen LogP contribution in [0.1, 0.15) is 23.7 Å². The summed E-state index contributed by atoms with van der Waals surface area (Å²) in [5.41, 5.74) is 0.991. The van der Waals surface area contributed by atoms with Gasteiger partial charge >= 0.3 is 0 Å². The predicted octanol–water partition coefficient (Wildman–Crippen LogP) is 3.92. The van der Waals surface area contributed by atoms with E-state index in [0.717, 1.165) is 11.8 Å². The van der Waals surface area contributed by atoms with Crippen LogP contribution in [-0.4, -0.2) is 46.1 Å². The van der Waals surface area contributed by atoms with Crippen molar-refractivity contribution in [1.82, 2.24) is 0 Å². The van der Waals surface area contributed by atoms with Gasteiger partial charge in [-0.3, -0.25) is 4.79 Å². The minimum Gasteiger partial charge on any atom is -0.278 e. The Bertz CT molecular complexity index is 1830. The van der Waals surface area contributed by atoms with E-state index in [-0.39, 0.29) is 30.0 Å². The fourth-order valence-electron chi connectivity index (χ4n) is 3.85. The summed E-state index contributed by atoms with van der Waals surface area (Å²) in [5.74, 6) is 0. The molecule has 0 saturated heterocycles. The number of sulfone groups is 3. The van der Waals surface area contributed by atoms with Crippen LogP contribution >= 0.6 is 0 Å². The molecule has 0 aromatic heterocycles. The summed E-state index contributed by atoms with van der Waals surface area (Å²) >= 11 is 0. The average molecular weight is 605 g/mol. The van der Waals surface area contributed by atoms with Crippen molar-refractivity contribution < 1.29 is 34.3 Å². The molecule has 12 heteroatoms. The van der Waals surface area contributed by atoms with Gasteiger partial charge in [0, 0.05) is 16.7 Å². The van der Waals surface area contributed by atoms with E-state index in [1.165, 1.54) is 72.8 Å². The molecule has 3 aromatic rings. The average Bonchev–Trinajstić information content (AvgIpc) is 2.92. The van der Waals surface area contributed by atoms with Gasteiger partial charge in [-0.2, -0.15) is 0 Å². The van der Waals surface area contributed by atoms with Gasteiger partial charge < -0.3 is 0 Å². The van der Waals surface area contributed by atoms with E-state index < -0.39 is 50.7 Å². The van der Waals surface area contributed by atoms with Gasteiger partial charge in [0.15, 0.2) is 19.7 Å². The summed E-state index contributed by atoms with van der Waals surface area (Å²) in [5, 5.41) is -1.48. The van der Waals surface area contributed by atoms with Crippen LogP contribution in [0.3, 0.4) is 0 Å². The molecule has 0 N–H and O–H groups in total. The van der Waals surface area contributed by atoms with Crippen molar-refractivity contribution in [3.63, 3.8) is 0 Å². The third kappa shape index (κ3) is 6.03. The van der Waals surface area contributed by atoms with Crippen molar-refractivity contribution in [2.75, 3.05) is 6.26 Å². The summed E-state index contributed by atoms with van der Waals surface area (Å²) in [6.07, 6.45) is 6.60. The summed E-state index contributed by atoms with van der Waals surface area (Å²) in [6, 6.07) is 14.9. The van der Waals surface area contributed by atoms with E-state index in [9.17, 15) is 34.3 Å². The molecule has 0 fully saturated rings. The second kappa shape index (κ2) is 10.8. The Kier molecular flexibility index (Phi) is 7.95. The maximum Gasteiger partial charge on any atom is 0.253 e. The number of hydrogen-bond acceptors (Lipinski definition) is 8. The lowest BCUT2D eigenvalue weighted by Gasteiger charge is -2.16. The Hall–Kier alpha value is -3.19. The summed E-state index contributed by atoms with van der Waals surface area (Å²) in [7, 11) is -13.3. The van der Waals surface area contributed by atoms with Crippen LogP contribution in [-0.2, 0) is 40.3 Å². The minimum absolute atomic E-state index is 0.00547. The lowest BCUT2D eigenvalue weighted by molar-refractivity contribution is 0.108. The number of hydrogen-bond donors (Lipinski definition) is 0. The van der Waals surface area contributed by atoms with E-state index in [1.807, 2.05) is 13.0 Å². The number of carbonyl (C=O) groups is 1. The summed E-state index contributed by atoms with van der Waals surface area (Å²) in [6.45, 7) is 1.88. The van der Waals surface area contributed by atoms with Gasteiger partial charge in [0.05, 0.1) is 24.8 Å².